The summed E-state index contributed by atoms with van der Waals surface area (Å²) in [5, 5.41) is 0.627. The van der Waals surface area contributed by atoms with Crippen LogP contribution in [0.5, 0.6) is 11.5 Å². The Morgan fingerprint density at radius 3 is 2.73 bits per heavy atom. The van der Waals surface area contributed by atoms with Crippen molar-refractivity contribution in [2.24, 2.45) is 0 Å². The first-order valence-corrected chi connectivity index (χ1v) is 7.67. The van der Waals surface area contributed by atoms with E-state index in [-0.39, 0.29) is 0 Å². The number of ether oxygens (including phenoxy) is 2. The average Bonchev–Trinajstić information content (AvgIpc) is 2.46. The van der Waals surface area contributed by atoms with Crippen LogP contribution >= 0.6 is 11.6 Å². The van der Waals surface area contributed by atoms with Crippen LogP contribution < -0.4 is 9.47 Å². The highest BCUT2D eigenvalue weighted by molar-refractivity contribution is 6.30. The molecule has 0 N–H and O–H groups in total. The topological polar surface area (TPSA) is 31.4 Å². The molecule has 22 heavy (non-hydrogen) atoms. The van der Waals surface area contributed by atoms with E-state index in [0.29, 0.717) is 11.6 Å². The van der Waals surface area contributed by atoms with E-state index in [1.165, 1.54) is 0 Å². The van der Waals surface area contributed by atoms with Gasteiger partial charge >= 0.3 is 0 Å². The second kappa shape index (κ2) is 5.65. The summed E-state index contributed by atoms with van der Waals surface area (Å²) in [5.41, 5.74) is 2.53. The van der Waals surface area contributed by atoms with Crippen LogP contribution in [0.15, 0.2) is 42.6 Å². The Kier molecular flexibility index (Phi) is 3.83. The number of benzene rings is 1. The van der Waals surface area contributed by atoms with E-state index >= 15 is 0 Å². The van der Waals surface area contributed by atoms with E-state index in [1.807, 2.05) is 51.1 Å². The van der Waals surface area contributed by atoms with Crippen LogP contribution in [0.1, 0.15) is 32.0 Å². The standard InChI is InChI=1S/C18H18ClNO2/c1-4-21-13-6-7-14-15(16-8-5-12(19)11-20-16)10-18(2,3)22-17(14)9-13/h5-11H,4H2,1-3H3. The summed E-state index contributed by atoms with van der Waals surface area (Å²) < 4.78 is 11.6. The number of hydrogen-bond acceptors (Lipinski definition) is 3. The van der Waals surface area contributed by atoms with Crippen LogP contribution in [0.3, 0.4) is 0 Å². The Morgan fingerprint density at radius 2 is 2.05 bits per heavy atom. The average molecular weight is 316 g/mol. The van der Waals surface area contributed by atoms with E-state index in [1.54, 1.807) is 6.20 Å². The van der Waals surface area contributed by atoms with Gasteiger partial charge in [0.05, 0.1) is 17.3 Å². The minimum Gasteiger partial charge on any atom is -0.494 e. The number of rotatable bonds is 3. The third-order valence-corrected chi connectivity index (χ3v) is 3.65. The molecule has 3 nitrogen and oxygen atoms in total. The van der Waals surface area contributed by atoms with Gasteiger partial charge in [-0.1, -0.05) is 11.6 Å². The van der Waals surface area contributed by atoms with Crippen LogP contribution in [0.2, 0.25) is 5.02 Å². The first-order valence-electron chi connectivity index (χ1n) is 7.29. The molecule has 0 amide bonds. The molecule has 3 rings (SSSR count). The number of hydrogen-bond donors (Lipinski definition) is 0. The molecule has 0 atom stereocenters. The minimum atomic E-state index is -0.408. The first kappa shape index (κ1) is 14.9. The molecule has 1 aromatic carbocycles. The SMILES string of the molecule is CCOc1ccc2c(c1)OC(C)(C)C=C2c1ccc(Cl)cn1. The van der Waals surface area contributed by atoms with Crippen molar-refractivity contribution < 1.29 is 9.47 Å². The molecular weight excluding hydrogens is 298 g/mol. The predicted octanol–water partition coefficient (Wildman–Crippen LogP) is 4.74. The monoisotopic (exact) mass is 315 g/mol. The lowest BCUT2D eigenvalue weighted by atomic mass is 9.92. The van der Waals surface area contributed by atoms with Crippen molar-refractivity contribution in [2.45, 2.75) is 26.4 Å². The van der Waals surface area contributed by atoms with E-state index in [4.69, 9.17) is 21.1 Å². The lowest BCUT2D eigenvalue weighted by Gasteiger charge is -2.31. The van der Waals surface area contributed by atoms with Crippen molar-refractivity contribution >= 4 is 17.2 Å². The summed E-state index contributed by atoms with van der Waals surface area (Å²) in [5.74, 6) is 1.62. The Labute approximate surface area is 135 Å². The molecule has 2 aromatic rings. The summed E-state index contributed by atoms with van der Waals surface area (Å²) in [7, 11) is 0. The van der Waals surface area contributed by atoms with Gasteiger partial charge in [0.25, 0.3) is 0 Å². The Morgan fingerprint density at radius 1 is 1.23 bits per heavy atom. The van der Waals surface area contributed by atoms with E-state index in [2.05, 4.69) is 11.1 Å². The van der Waals surface area contributed by atoms with Crippen LogP contribution in [0, 0.1) is 0 Å². The van der Waals surface area contributed by atoms with Crippen LogP contribution in [-0.4, -0.2) is 17.2 Å². The van der Waals surface area contributed by atoms with Gasteiger partial charge in [-0.05, 0) is 51.1 Å². The quantitative estimate of drug-likeness (QED) is 0.820. The Hall–Kier alpha value is -2.00. The highest BCUT2D eigenvalue weighted by Crippen LogP contribution is 2.40. The zero-order valence-electron chi connectivity index (χ0n) is 12.9. The Balaban J connectivity index is 2.10. The highest BCUT2D eigenvalue weighted by Gasteiger charge is 2.28. The molecule has 0 saturated carbocycles. The third kappa shape index (κ3) is 2.95. The summed E-state index contributed by atoms with van der Waals surface area (Å²) in [4.78, 5) is 4.44. The van der Waals surface area contributed by atoms with E-state index < -0.39 is 5.60 Å². The van der Waals surface area contributed by atoms with Crippen molar-refractivity contribution in [3.8, 4) is 11.5 Å². The molecule has 0 aliphatic carbocycles. The highest BCUT2D eigenvalue weighted by atomic mass is 35.5. The molecule has 4 heteroatoms. The number of halogens is 1. The second-order valence-electron chi connectivity index (χ2n) is 5.72. The lowest BCUT2D eigenvalue weighted by Crippen LogP contribution is -2.29. The third-order valence-electron chi connectivity index (χ3n) is 3.42. The Bertz CT molecular complexity index is 720. The largest absolute Gasteiger partial charge is 0.494 e. The molecule has 0 spiro atoms. The van der Waals surface area contributed by atoms with Crippen molar-refractivity contribution in [1.29, 1.82) is 0 Å². The van der Waals surface area contributed by atoms with Gasteiger partial charge in [0.2, 0.25) is 0 Å². The van der Waals surface area contributed by atoms with Crippen LogP contribution in [-0.2, 0) is 0 Å². The molecule has 0 unspecified atom stereocenters. The van der Waals surface area contributed by atoms with Gasteiger partial charge in [0.1, 0.15) is 17.1 Å². The fourth-order valence-corrected chi connectivity index (χ4v) is 2.66. The maximum Gasteiger partial charge on any atom is 0.132 e. The zero-order valence-corrected chi connectivity index (χ0v) is 13.6. The molecule has 114 valence electrons. The van der Waals surface area contributed by atoms with Gasteiger partial charge in [-0.25, -0.2) is 0 Å². The van der Waals surface area contributed by atoms with Crippen molar-refractivity contribution in [3.05, 3.63) is 58.9 Å². The number of nitrogens with zero attached hydrogens (tertiary/aromatic N) is 1. The van der Waals surface area contributed by atoms with Gasteiger partial charge in [-0.2, -0.15) is 0 Å². The van der Waals surface area contributed by atoms with Crippen LogP contribution in [0.4, 0.5) is 0 Å². The van der Waals surface area contributed by atoms with Gasteiger partial charge in [-0.15, -0.1) is 0 Å². The number of pyridine rings is 1. The van der Waals surface area contributed by atoms with Crippen molar-refractivity contribution in [1.82, 2.24) is 4.98 Å². The smallest absolute Gasteiger partial charge is 0.132 e. The van der Waals surface area contributed by atoms with Crippen molar-refractivity contribution in [2.75, 3.05) is 6.61 Å². The lowest BCUT2D eigenvalue weighted by molar-refractivity contribution is 0.157. The second-order valence-corrected chi connectivity index (χ2v) is 6.15. The maximum absolute atomic E-state index is 6.07. The van der Waals surface area contributed by atoms with Gasteiger partial charge in [0, 0.05) is 23.4 Å². The molecule has 0 bridgehead atoms. The van der Waals surface area contributed by atoms with E-state index in [0.717, 1.165) is 28.3 Å². The molecule has 1 aliphatic heterocycles. The number of aromatic nitrogens is 1. The molecular formula is C18H18ClNO2. The molecule has 1 aromatic heterocycles. The minimum absolute atomic E-state index is 0.408. The normalized spacial score (nSPS) is 15.5. The fraction of sp³-hybridized carbons (Fsp3) is 0.278. The summed E-state index contributed by atoms with van der Waals surface area (Å²) in [6.07, 6.45) is 3.75. The number of fused-ring (bicyclic) bond motifs is 1. The molecule has 0 fully saturated rings. The summed E-state index contributed by atoms with van der Waals surface area (Å²) in [6.45, 7) is 6.65. The summed E-state index contributed by atoms with van der Waals surface area (Å²) >= 11 is 5.94. The van der Waals surface area contributed by atoms with Gasteiger partial charge in [0.15, 0.2) is 0 Å². The van der Waals surface area contributed by atoms with Crippen molar-refractivity contribution in [3.63, 3.8) is 0 Å². The van der Waals surface area contributed by atoms with Crippen LogP contribution in [0.25, 0.3) is 5.57 Å². The molecule has 0 saturated heterocycles. The zero-order chi connectivity index (χ0) is 15.7. The van der Waals surface area contributed by atoms with Gasteiger partial charge in [-0.3, -0.25) is 4.98 Å². The maximum atomic E-state index is 6.07. The fourth-order valence-electron chi connectivity index (χ4n) is 2.55. The van der Waals surface area contributed by atoms with E-state index in [9.17, 15) is 0 Å². The molecule has 0 radical (unpaired) electrons. The first-order chi connectivity index (χ1) is 10.5. The predicted molar refractivity (Wildman–Crippen MR) is 88.6 cm³/mol. The summed E-state index contributed by atoms with van der Waals surface area (Å²) in [6, 6.07) is 9.67. The molecule has 1 aliphatic rings. The van der Waals surface area contributed by atoms with Gasteiger partial charge < -0.3 is 9.47 Å². The molecule has 2 heterocycles.